The van der Waals surface area contributed by atoms with Gasteiger partial charge in [-0.2, -0.15) is 0 Å². The highest BCUT2D eigenvalue weighted by Crippen LogP contribution is 2.21. The SMILES string of the molecule is Nc1ccc(Cl)c(COc2cccc(Br)c2)n1. The van der Waals surface area contributed by atoms with E-state index in [1.165, 1.54) is 0 Å². The van der Waals surface area contributed by atoms with E-state index in [0.29, 0.717) is 23.1 Å². The minimum atomic E-state index is 0.292. The number of pyridine rings is 1. The molecule has 1 aromatic carbocycles. The zero-order valence-corrected chi connectivity index (χ0v) is 11.2. The summed E-state index contributed by atoms with van der Waals surface area (Å²) >= 11 is 9.36. The molecule has 0 aliphatic heterocycles. The van der Waals surface area contributed by atoms with Crippen LogP contribution in [0.1, 0.15) is 5.69 Å². The number of ether oxygens (including phenoxy) is 1. The number of nitrogen functional groups attached to an aromatic ring is 1. The molecule has 0 aliphatic rings. The molecular weight excluding hydrogens is 304 g/mol. The summed E-state index contributed by atoms with van der Waals surface area (Å²) in [4.78, 5) is 4.12. The number of benzene rings is 1. The van der Waals surface area contributed by atoms with Crippen molar-refractivity contribution in [3.8, 4) is 5.75 Å². The molecule has 2 aromatic rings. The summed E-state index contributed by atoms with van der Waals surface area (Å²) in [6.45, 7) is 0.292. The van der Waals surface area contributed by atoms with Crippen LogP contribution in [0.25, 0.3) is 0 Å². The van der Waals surface area contributed by atoms with Gasteiger partial charge in [0.1, 0.15) is 18.2 Å². The molecule has 0 atom stereocenters. The molecule has 3 nitrogen and oxygen atoms in total. The van der Waals surface area contributed by atoms with E-state index in [9.17, 15) is 0 Å². The second kappa shape index (κ2) is 5.38. The van der Waals surface area contributed by atoms with Crippen LogP contribution in [-0.4, -0.2) is 4.98 Å². The summed E-state index contributed by atoms with van der Waals surface area (Å²) in [6.07, 6.45) is 0. The highest BCUT2D eigenvalue weighted by molar-refractivity contribution is 9.10. The van der Waals surface area contributed by atoms with Crippen LogP contribution < -0.4 is 10.5 Å². The van der Waals surface area contributed by atoms with E-state index < -0.39 is 0 Å². The lowest BCUT2D eigenvalue weighted by molar-refractivity contribution is 0.301. The lowest BCUT2D eigenvalue weighted by Crippen LogP contribution is -2.01. The third kappa shape index (κ3) is 3.35. The van der Waals surface area contributed by atoms with Gasteiger partial charge in [0.05, 0.1) is 10.7 Å². The maximum Gasteiger partial charge on any atom is 0.132 e. The van der Waals surface area contributed by atoms with E-state index in [0.717, 1.165) is 10.2 Å². The van der Waals surface area contributed by atoms with Gasteiger partial charge in [0, 0.05) is 4.47 Å². The summed E-state index contributed by atoms with van der Waals surface area (Å²) in [5.74, 6) is 1.18. The molecule has 0 spiro atoms. The Kier molecular flexibility index (Phi) is 3.86. The van der Waals surface area contributed by atoms with Gasteiger partial charge >= 0.3 is 0 Å². The first-order chi connectivity index (χ1) is 8.15. The topological polar surface area (TPSA) is 48.1 Å². The third-order valence-corrected chi connectivity index (χ3v) is 2.95. The van der Waals surface area contributed by atoms with Crippen molar-refractivity contribution in [2.45, 2.75) is 6.61 Å². The van der Waals surface area contributed by atoms with Gasteiger partial charge in [0.2, 0.25) is 0 Å². The molecule has 2 N–H and O–H groups in total. The fourth-order valence-corrected chi connectivity index (χ4v) is 1.85. The number of aromatic nitrogens is 1. The van der Waals surface area contributed by atoms with E-state index in [2.05, 4.69) is 20.9 Å². The molecule has 0 fully saturated rings. The number of nitrogens with zero attached hydrogens (tertiary/aromatic N) is 1. The van der Waals surface area contributed by atoms with E-state index in [-0.39, 0.29) is 0 Å². The third-order valence-electron chi connectivity index (χ3n) is 2.11. The molecule has 0 saturated carbocycles. The minimum Gasteiger partial charge on any atom is -0.487 e. The van der Waals surface area contributed by atoms with E-state index >= 15 is 0 Å². The molecular formula is C12H10BrClN2O. The molecule has 17 heavy (non-hydrogen) atoms. The fourth-order valence-electron chi connectivity index (χ4n) is 1.31. The van der Waals surface area contributed by atoms with Crippen LogP contribution in [0.2, 0.25) is 5.02 Å². The van der Waals surface area contributed by atoms with Crippen molar-refractivity contribution in [1.82, 2.24) is 4.98 Å². The average molecular weight is 314 g/mol. The molecule has 0 bridgehead atoms. The van der Waals surface area contributed by atoms with Crippen LogP contribution in [0.5, 0.6) is 5.75 Å². The Morgan fingerprint density at radius 2 is 2.12 bits per heavy atom. The zero-order chi connectivity index (χ0) is 12.3. The first kappa shape index (κ1) is 12.2. The Morgan fingerprint density at radius 1 is 1.29 bits per heavy atom. The maximum atomic E-state index is 5.99. The number of hydrogen-bond donors (Lipinski definition) is 1. The van der Waals surface area contributed by atoms with Gasteiger partial charge in [-0.25, -0.2) is 4.98 Å². The molecule has 0 radical (unpaired) electrons. The Balaban J connectivity index is 2.09. The number of hydrogen-bond acceptors (Lipinski definition) is 3. The number of rotatable bonds is 3. The Hall–Kier alpha value is -1.26. The van der Waals surface area contributed by atoms with Crippen molar-refractivity contribution < 1.29 is 4.74 Å². The first-order valence-corrected chi connectivity index (χ1v) is 6.11. The molecule has 5 heteroatoms. The molecule has 0 saturated heterocycles. The van der Waals surface area contributed by atoms with E-state index in [1.54, 1.807) is 12.1 Å². The van der Waals surface area contributed by atoms with Crippen LogP contribution in [0.15, 0.2) is 40.9 Å². The van der Waals surface area contributed by atoms with Crippen LogP contribution in [0.4, 0.5) is 5.82 Å². The Morgan fingerprint density at radius 3 is 2.88 bits per heavy atom. The summed E-state index contributed by atoms with van der Waals surface area (Å²) in [5.41, 5.74) is 6.22. The van der Waals surface area contributed by atoms with Gasteiger partial charge in [0.25, 0.3) is 0 Å². The van der Waals surface area contributed by atoms with Gasteiger partial charge in [0.15, 0.2) is 0 Å². The van der Waals surface area contributed by atoms with Gasteiger partial charge in [-0.1, -0.05) is 33.6 Å². The average Bonchev–Trinajstić information content (AvgIpc) is 2.30. The molecule has 1 heterocycles. The molecule has 1 aromatic heterocycles. The Labute approximate surface area is 113 Å². The normalized spacial score (nSPS) is 10.2. The summed E-state index contributed by atoms with van der Waals surface area (Å²) in [6, 6.07) is 10.9. The van der Waals surface area contributed by atoms with Crippen molar-refractivity contribution in [3.05, 3.63) is 51.6 Å². The molecule has 0 unspecified atom stereocenters. The predicted molar refractivity (Wildman–Crippen MR) is 72.1 cm³/mol. The van der Waals surface area contributed by atoms with Gasteiger partial charge in [-0.05, 0) is 30.3 Å². The molecule has 0 amide bonds. The predicted octanol–water partition coefficient (Wildman–Crippen LogP) is 3.66. The monoisotopic (exact) mass is 312 g/mol. The van der Waals surface area contributed by atoms with Crippen LogP contribution in [0, 0.1) is 0 Å². The zero-order valence-electron chi connectivity index (χ0n) is 8.86. The number of anilines is 1. The molecule has 0 aliphatic carbocycles. The lowest BCUT2D eigenvalue weighted by atomic mass is 10.3. The first-order valence-electron chi connectivity index (χ1n) is 4.94. The Bertz CT molecular complexity index is 534. The molecule has 88 valence electrons. The number of halogens is 2. The van der Waals surface area contributed by atoms with E-state index in [4.69, 9.17) is 22.1 Å². The quantitative estimate of drug-likeness (QED) is 0.940. The van der Waals surface area contributed by atoms with Gasteiger partial charge < -0.3 is 10.5 Å². The van der Waals surface area contributed by atoms with Crippen molar-refractivity contribution in [1.29, 1.82) is 0 Å². The summed E-state index contributed by atoms with van der Waals surface area (Å²) in [5, 5.41) is 0.550. The minimum absolute atomic E-state index is 0.292. The van der Waals surface area contributed by atoms with Crippen molar-refractivity contribution in [3.63, 3.8) is 0 Å². The smallest absolute Gasteiger partial charge is 0.132 e. The highest BCUT2D eigenvalue weighted by Gasteiger charge is 2.04. The van der Waals surface area contributed by atoms with Crippen LogP contribution in [-0.2, 0) is 6.61 Å². The fraction of sp³-hybridized carbons (Fsp3) is 0.0833. The second-order valence-corrected chi connectivity index (χ2v) is 4.73. The van der Waals surface area contributed by atoms with Crippen molar-refractivity contribution >= 4 is 33.3 Å². The van der Waals surface area contributed by atoms with E-state index in [1.807, 2.05) is 24.3 Å². The lowest BCUT2D eigenvalue weighted by Gasteiger charge is -2.07. The van der Waals surface area contributed by atoms with Crippen molar-refractivity contribution in [2.75, 3.05) is 5.73 Å². The summed E-state index contributed by atoms with van der Waals surface area (Å²) in [7, 11) is 0. The molecule has 2 rings (SSSR count). The van der Waals surface area contributed by atoms with Crippen LogP contribution in [0.3, 0.4) is 0 Å². The van der Waals surface area contributed by atoms with Crippen molar-refractivity contribution in [2.24, 2.45) is 0 Å². The highest BCUT2D eigenvalue weighted by atomic mass is 79.9. The largest absolute Gasteiger partial charge is 0.487 e. The summed E-state index contributed by atoms with van der Waals surface area (Å²) < 4.78 is 6.54. The standard InChI is InChI=1S/C12H10BrClN2O/c13-8-2-1-3-9(6-8)17-7-11-10(14)4-5-12(15)16-11/h1-6H,7H2,(H2,15,16). The van der Waals surface area contributed by atoms with Gasteiger partial charge in [-0.3, -0.25) is 0 Å². The van der Waals surface area contributed by atoms with Crippen LogP contribution >= 0.6 is 27.5 Å². The second-order valence-electron chi connectivity index (χ2n) is 3.41. The maximum absolute atomic E-state index is 5.99. The van der Waals surface area contributed by atoms with Gasteiger partial charge in [-0.15, -0.1) is 0 Å². The number of nitrogens with two attached hydrogens (primary N) is 1.